The summed E-state index contributed by atoms with van der Waals surface area (Å²) in [6.07, 6.45) is 0. The van der Waals surface area contributed by atoms with Crippen LogP contribution >= 0.6 is 31.9 Å². The molecule has 0 spiro atoms. The lowest BCUT2D eigenvalue weighted by Gasteiger charge is -2.19. The van der Waals surface area contributed by atoms with Crippen molar-refractivity contribution in [1.29, 1.82) is 0 Å². The van der Waals surface area contributed by atoms with Crippen LogP contribution in [0.25, 0.3) is 0 Å². The lowest BCUT2D eigenvalue weighted by Crippen LogP contribution is -2.14. The van der Waals surface area contributed by atoms with Crippen molar-refractivity contribution in [3.8, 4) is 0 Å². The molecule has 2 nitrogen and oxygen atoms in total. The maximum absolute atomic E-state index is 9.57. The van der Waals surface area contributed by atoms with Crippen LogP contribution in [-0.4, -0.2) is 11.7 Å². The second kappa shape index (κ2) is 6.55. The van der Waals surface area contributed by atoms with Crippen molar-refractivity contribution >= 4 is 37.5 Å². The highest BCUT2D eigenvalue weighted by molar-refractivity contribution is 9.10. The van der Waals surface area contributed by atoms with Crippen LogP contribution in [0.4, 0.5) is 5.69 Å². The summed E-state index contributed by atoms with van der Waals surface area (Å²) in [7, 11) is 0. The van der Waals surface area contributed by atoms with Crippen molar-refractivity contribution < 1.29 is 5.11 Å². The zero-order valence-corrected chi connectivity index (χ0v) is 13.7. The van der Waals surface area contributed by atoms with Gasteiger partial charge >= 0.3 is 0 Å². The third kappa shape index (κ3) is 3.81. The Bertz CT molecular complexity index is 555. The average molecular weight is 385 g/mol. The highest BCUT2D eigenvalue weighted by Crippen LogP contribution is 2.25. The monoisotopic (exact) mass is 383 g/mol. The fraction of sp³-hybridized carbons (Fsp3) is 0.200. The van der Waals surface area contributed by atoms with Crippen molar-refractivity contribution in [2.45, 2.75) is 13.0 Å². The maximum atomic E-state index is 9.57. The molecule has 0 radical (unpaired) electrons. The quantitative estimate of drug-likeness (QED) is 0.802. The maximum Gasteiger partial charge on any atom is 0.0745 e. The van der Waals surface area contributed by atoms with Gasteiger partial charge in [-0.25, -0.2) is 0 Å². The Morgan fingerprint density at radius 2 is 1.79 bits per heavy atom. The minimum absolute atomic E-state index is 0.0472. The molecule has 4 heteroatoms. The van der Waals surface area contributed by atoms with E-state index in [0.717, 1.165) is 20.2 Å². The zero-order valence-electron chi connectivity index (χ0n) is 10.5. The molecule has 0 aromatic heterocycles. The molecule has 1 unspecified atom stereocenters. The van der Waals surface area contributed by atoms with Crippen molar-refractivity contribution in [2.24, 2.45) is 0 Å². The molecule has 19 heavy (non-hydrogen) atoms. The molecule has 1 atom stereocenters. The molecule has 2 aromatic rings. The van der Waals surface area contributed by atoms with Crippen molar-refractivity contribution in [3.05, 3.63) is 62.5 Å². The van der Waals surface area contributed by atoms with Gasteiger partial charge in [0, 0.05) is 14.6 Å². The SMILES string of the molecule is Cc1ccc(C(CO)Nc2ccc(Br)cc2)cc1Br. The van der Waals surface area contributed by atoms with Gasteiger partial charge in [-0.15, -0.1) is 0 Å². The molecule has 2 N–H and O–H groups in total. The topological polar surface area (TPSA) is 32.3 Å². The van der Waals surface area contributed by atoms with Gasteiger partial charge in [-0.05, 0) is 48.4 Å². The fourth-order valence-corrected chi connectivity index (χ4v) is 2.47. The highest BCUT2D eigenvalue weighted by atomic mass is 79.9. The van der Waals surface area contributed by atoms with Gasteiger partial charge in [-0.3, -0.25) is 0 Å². The first-order valence-corrected chi connectivity index (χ1v) is 7.58. The Morgan fingerprint density at radius 3 is 2.37 bits per heavy atom. The first-order chi connectivity index (χ1) is 9.10. The Morgan fingerprint density at radius 1 is 1.11 bits per heavy atom. The van der Waals surface area contributed by atoms with Gasteiger partial charge in [0.25, 0.3) is 0 Å². The van der Waals surface area contributed by atoms with E-state index in [0.29, 0.717) is 0 Å². The molecule has 0 aliphatic rings. The van der Waals surface area contributed by atoms with Gasteiger partial charge in [0.2, 0.25) is 0 Å². The number of anilines is 1. The average Bonchev–Trinajstić information content (AvgIpc) is 2.41. The number of hydrogen-bond acceptors (Lipinski definition) is 2. The summed E-state index contributed by atoms with van der Waals surface area (Å²) in [6, 6.07) is 13.9. The number of hydrogen-bond donors (Lipinski definition) is 2. The smallest absolute Gasteiger partial charge is 0.0745 e. The van der Waals surface area contributed by atoms with Crippen molar-refractivity contribution in [1.82, 2.24) is 0 Å². The highest BCUT2D eigenvalue weighted by Gasteiger charge is 2.11. The summed E-state index contributed by atoms with van der Waals surface area (Å²) < 4.78 is 2.10. The number of benzene rings is 2. The minimum atomic E-state index is -0.113. The second-order valence-corrected chi connectivity index (χ2v) is 6.17. The summed E-state index contributed by atoms with van der Waals surface area (Å²) in [4.78, 5) is 0. The predicted octanol–water partition coefficient (Wildman–Crippen LogP) is 4.67. The van der Waals surface area contributed by atoms with Gasteiger partial charge in [-0.1, -0.05) is 44.0 Å². The first kappa shape index (κ1) is 14.6. The summed E-state index contributed by atoms with van der Waals surface area (Å²) in [5, 5.41) is 12.9. The van der Waals surface area contributed by atoms with Crippen LogP contribution in [0.3, 0.4) is 0 Å². The molecule has 2 aromatic carbocycles. The summed E-state index contributed by atoms with van der Waals surface area (Å²) in [6.45, 7) is 2.09. The van der Waals surface area contributed by atoms with Gasteiger partial charge in [0.15, 0.2) is 0 Å². The van der Waals surface area contributed by atoms with Gasteiger partial charge in [0.05, 0.1) is 12.6 Å². The second-order valence-electron chi connectivity index (χ2n) is 4.40. The molecule has 0 heterocycles. The lowest BCUT2D eigenvalue weighted by atomic mass is 10.1. The normalized spacial score (nSPS) is 12.2. The molecule has 0 saturated carbocycles. The van der Waals surface area contributed by atoms with Crippen LogP contribution in [0.5, 0.6) is 0 Å². The molecule has 100 valence electrons. The molecule has 0 saturated heterocycles. The van der Waals surface area contributed by atoms with E-state index in [1.54, 1.807) is 0 Å². The lowest BCUT2D eigenvalue weighted by molar-refractivity contribution is 0.276. The van der Waals surface area contributed by atoms with Crippen molar-refractivity contribution in [2.75, 3.05) is 11.9 Å². The van der Waals surface area contributed by atoms with E-state index in [4.69, 9.17) is 0 Å². The third-order valence-electron chi connectivity index (χ3n) is 2.97. The number of halogens is 2. The molecular weight excluding hydrogens is 370 g/mol. The number of aryl methyl sites for hydroxylation is 1. The van der Waals surface area contributed by atoms with E-state index in [2.05, 4.69) is 37.2 Å². The Labute approximate surface area is 130 Å². The van der Waals surface area contributed by atoms with Crippen LogP contribution in [0.15, 0.2) is 51.4 Å². The number of nitrogens with one attached hydrogen (secondary N) is 1. The van der Waals surface area contributed by atoms with Crippen LogP contribution in [0, 0.1) is 6.92 Å². The standard InChI is InChI=1S/C15H15Br2NO/c1-10-2-3-11(8-14(10)17)15(9-19)18-13-6-4-12(16)5-7-13/h2-8,15,18-19H,9H2,1H3. The molecular formula is C15H15Br2NO. The first-order valence-electron chi connectivity index (χ1n) is 5.99. The van der Waals surface area contributed by atoms with E-state index in [1.807, 2.05) is 49.4 Å². The summed E-state index contributed by atoms with van der Waals surface area (Å²) in [5.41, 5.74) is 3.23. The van der Waals surface area contributed by atoms with Crippen LogP contribution < -0.4 is 5.32 Å². The van der Waals surface area contributed by atoms with E-state index in [-0.39, 0.29) is 12.6 Å². The van der Waals surface area contributed by atoms with Crippen LogP contribution in [0.2, 0.25) is 0 Å². The number of rotatable bonds is 4. The van der Waals surface area contributed by atoms with Crippen molar-refractivity contribution in [3.63, 3.8) is 0 Å². The summed E-state index contributed by atoms with van der Waals surface area (Å²) >= 11 is 6.93. The molecule has 0 amide bonds. The fourth-order valence-electron chi connectivity index (χ4n) is 1.81. The van der Waals surface area contributed by atoms with E-state index >= 15 is 0 Å². The molecule has 0 aliphatic heterocycles. The van der Waals surface area contributed by atoms with E-state index < -0.39 is 0 Å². The Balaban J connectivity index is 2.19. The molecule has 0 aliphatic carbocycles. The van der Waals surface area contributed by atoms with Gasteiger partial charge in [0.1, 0.15) is 0 Å². The third-order valence-corrected chi connectivity index (χ3v) is 4.35. The minimum Gasteiger partial charge on any atom is -0.394 e. The molecule has 2 rings (SSSR count). The number of aliphatic hydroxyl groups is 1. The Hall–Kier alpha value is -0.840. The predicted molar refractivity (Wildman–Crippen MR) is 86.5 cm³/mol. The molecule has 0 fully saturated rings. The summed E-state index contributed by atoms with van der Waals surface area (Å²) in [5.74, 6) is 0. The molecule has 0 bridgehead atoms. The zero-order chi connectivity index (χ0) is 13.8. The Kier molecular flexibility index (Phi) is 5.02. The van der Waals surface area contributed by atoms with Gasteiger partial charge in [-0.2, -0.15) is 0 Å². The van der Waals surface area contributed by atoms with E-state index in [9.17, 15) is 5.11 Å². The van der Waals surface area contributed by atoms with E-state index in [1.165, 1.54) is 5.56 Å². The van der Waals surface area contributed by atoms with Gasteiger partial charge < -0.3 is 10.4 Å². The number of aliphatic hydroxyl groups excluding tert-OH is 1. The van der Waals surface area contributed by atoms with Crippen LogP contribution in [0.1, 0.15) is 17.2 Å². The van der Waals surface area contributed by atoms with Crippen LogP contribution in [-0.2, 0) is 0 Å². The largest absolute Gasteiger partial charge is 0.394 e.